The van der Waals surface area contributed by atoms with Crippen LogP contribution < -0.4 is 10.2 Å². The van der Waals surface area contributed by atoms with Gasteiger partial charge in [0.05, 0.1) is 12.9 Å². The Morgan fingerprint density at radius 1 is 1.28 bits per heavy atom. The van der Waals surface area contributed by atoms with Crippen LogP contribution in [0, 0.1) is 0 Å². The van der Waals surface area contributed by atoms with Crippen LogP contribution in [0.15, 0.2) is 30.9 Å². The first-order chi connectivity index (χ1) is 14.0. The zero-order valence-electron chi connectivity index (χ0n) is 15.9. The Morgan fingerprint density at radius 3 is 2.86 bits per heavy atom. The second-order valence-electron chi connectivity index (χ2n) is 7.06. The smallest absolute Gasteiger partial charge is 0.241 e. The van der Waals surface area contributed by atoms with Crippen molar-refractivity contribution < 1.29 is 4.79 Å². The van der Waals surface area contributed by atoms with Gasteiger partial charge < -0.3 is 20.1 Å². The molecule has 8 nitrogen and oxygen atoms in total. The van der Waals surface area contributed by atoms with Gasteiger partial charge in [0.25, 0.3) is 0 Å². The maximum absolute atomic E-state index is 12.8. The zero-order chi connectivity index (χ0) is 20.4. The number of piperidine rings is 1. The molecule has 1 aliphatic rings. The number of likely N-dealkylation sites (N-methyl/N-ethyl adjacent to an activating group) is 1. The number of benzene rings is 1. The number of aromatic amines is 1. The Hall–Kier alpha value is -2.58. The predicted octanol–water partition coefficient (Wildman–Crippen LogP) is 3.20. The highest BCUT2D eigenvalue weighted by atomic mass is 35.5. The van der Waals surface area contributed by atoms with Crippen molar-refractivity contribution in [3.05, 3.63) is 40.9 Å². The van der Waals surface area contributed by atoms with Crippen LogP contribution in [-0.2, 0) is 4.79 Å². The number of rotatable bonds is 5. The number of anilines is 2. The van der Waals surface area contributed by atoms with Gasteiger partial charge in [-0.2, -0.15) is 0 Å². The molecule has 3 aromatic rings. The molecule has 3 heterocycles. The molecule has 0 bridgehead atoms. The van der Waals surface area contributed by atoms with Crippen molar-refractivity contribution in [2.45, 2.75) is 18.9 Å². The van der Waals surface area contributed by atoms with Gasteiger partial charge in [-0.3, -0.25) is 4.79 Å². The molecule has 1 aliphatic heterocycles. The normalized spacial score (nSPS) is 16.8. The van der Waals surface area contributed by atoms with Crippen LogP contribution >= 0.6 is 23.2 Å². The van der Waals surface area contributed by atoms with Crippen LogP contribution in [0.5, 0.6) is 0 Å². The number of halogens is 2. The van der Waals surface area contributed by atoms with E-state index in [4.69, 9.17) is 23.2 Å². The SMILES string of the molecule is CN(c1ncnc2nc[nH]c12)C1CCCN(C(=O)CNc2cc(Cl)cc(Cl)c2)C1. The molecule has 1 amide bonds. The minimum atomic E-state index is 0.0357. The first kappa shape index (κ1) is 19.7. The second kappa shape index (κ2) is 8.42. The predicted molar refractivity (Wildman–Crippen MR) is 115 cm³/mol. The van der Waals surface area contributed by atoms with Crippen LogP contribution in [0.3, 0.4) is 0 Å². The number of likely N-dealkylation sites (tertiary alicyclic amines) is 1. The first-order valence-corrected chi connectivity index (χ1v) is 10.1. The number of amides is 1. The third-order valence-corrected chi connectivity index (χ3v) is 5.58. The lowest BCUT2D eigenvalue weighted by Gasteiger charge is -2.38. The molecule has 152 valence electrons. The Balaban J connectivity index is 1.41. The lowest BCUT2D eigenvalue weighted by atomic mass is 10.0. The van der Waals surface area contributed by atoms with Crippen molar-refractivity contribution in [2.75, 3.05) is 36.9 Å². The average Bonchev–Trinajstić information content (AvgIpc) is 3.20. The van der Waals surface area contributed by atoms with Crippen LogP contribution in [0.1, 0.15) is 12.8 Å². The molecule has 10 heteroatoms. The fraction of sp³-hybridized carbons (Fsp3) is 0.368. The molecule has 0 saturated carbocycles. The lowest BCUT2D eigenvalue weighted by molar-refractivity contribution is -0.130. The molecule has 4 rings (SSSR count). The summed E-state index contributed by atoms with van der Waals surface area (Å²) < 4.78 is 0. The topological polar surface area (TPSA) is 90.0 Å². The van der Waals surface area contributed by atoms with Crippen molar-refractivity contribution >= 4 is 51.8 Å². The summed E-state index contributed by atoms with van der Waals surface area (Å²) in [5.74, 6) is 0.826. The first-order valence-electron chi connectivity index (χ1n) is 9.36. The number of fused-ring (bicyclic) bond motifs is 1. The van der Waals surface area contributed by atoms with E-state index in [1.807, 2.05) is 11.9 Å². The summed E-state index contributed by atoms with van der Waals surface area (Å²) in [7, 11) is 1.99. The highest BCUT2D eigenvalue weighted by Gasteiger charge is 2.28. The highest BCUT2D eigenvalue weighted by Crippen LogP contribution is 2.25. The molecule has 1 fully saturated rings. The van der Waals surface area contributed by atoms with Gasteiger partial charge in [0, 0.05) is 41.9 Å². The van der Waals surface area contributed by atoms with Gasteiger partial charge in [0.15, 0.2) is 11.5 Å². The zero-order valence-corrected chi connectivity index (χ0v) is 17.4. The molecule has 29 heavy (non-hydrogen) atoms. The molecule has 1 atom stereocenters. The largest absolute Gasteiger partial charge is 0.376 e. The van der Waals surface area contributed by atoms with Crippen molar-refractivity contribution in [3.63, 3.8) is 0 Å². The summed E-state index contributed by atoms with van der Waals surface area (Å²) in [4.78, 5) is 32.6. The highest BCUT2D eigenvalue weighted by molar-refractivity contribution is 6.35. The number of hydrogen-bond acceptors (Lipinski definition) is 6. The van der Waals surface area contributed by atoms with Crippen molar-refractivity contribution in [1.82, 2.24) is 24.8 Å². The Labute approximate surface area is 178 Å². The fourth-order valence-electron chi connectivity index (χ4n) is 3.64. The van der Waals surface area contributed by atoms with E-state index in [1.165, 1.54) is 6.33 Å². The van der Waals surface area contributed by atoms with Crippen LogP contribution in [-0.4, -0.2) is 63.5 Å². The minimum absolute atomic E-state index is 0.0357. The Morgan fingerprint density at radius 2 is 2.07 bits per heavy atom. The van der Waals surface area contributed by atoms with E-state index in [2.05, 4.69) is 30.2 Å². The number of imidazole rings is 1. The van der Waals surface area contributed by atoms with Crippen molar-refractivity contribution in [1.29, 1.82) is 0 Å². The van der Waals surface area contributed by atoms with E-state index in [1.54, 1.807) is 24.5 Å². The van der Waals surface area contributed by atoms with Gasteiger partial charge >= 0.3 is 0 Å². The van der Waals surface area contributed by atoms with Crippen LogP contribution in [0.25, 0.3) is 11.2 Å². The van der Waals surface area contributed by atoms with E-state index in [0.717, 1.165) is 36.4 Å². The summed E-state index contributed by atoms with van der Waals surface area (Å²) in [5, 5.41) is 4.17. The number of nitrogens with zero attached hydrogens (tertiary/aromatic N) is 5. The summed E-state index contributed by atoms with van der Waals surface area (Å²) in [6.07, 6.45) is 5.04. The van der Waals surface area contributed by atoms with Gasteiger partial charge in [-0.15, -0.1) is 0 Å². The lowest BCUT2D eigenvalue weighted by Crippen LogP contribution is -2.50. The van der Waals surface area contributed by atoms with Crippen LogP contribution in [0.2, 0.25) is 10.0 Å². The molecular weight excluding hydrogens is 413 g/mol. The number of H-pyrrole nitrogens is 1. The molecule has 0 aliphatic carbocycles. The summed E-state index contributed by atoms with van der Waals surface area (Å²) in [6, 6.07) is 5.32. The molecule has 0 spiro atoms. The Kier molecular flexibility index (Phi) is 5.73. The summed E-state index contributed by atoms with van der Waals surface area (Å²) in [5.41, 5.74) is 2.16. The summed E-state index contributed by atoms with van der Waals surface area (Å²) >= 11 is 12.0. The number of hydrogen-bond donors (Lipinski definition) is 2. The molecular formula is C19H21Cl2N7O. The maximum Gasteiger partial charge on any atom is 0.241 e. The third kappa shape index (κ3) is 4.38. The van der Waals surface area contributed by atoms with Gasteiger partial charge in [0.1, 0.15) is 11.8 Å². The van der Waals surface area contributed by atoms with E-state index >= 15 is 0 Å². The number of carbonyl (C=O) groups excluding carboxylic acids is 1. The molecule has 2 aromatic heterocycles. The monoisotopic (exact) mass is 433 g/mol. The molecule has 1 saturated heterocycles. The standard InChI is InChI=1S/C19H21Cl2N7O/c1-27(19-17-18(24-10-23-17)25-11-26-19)15-3-2-4-28(9-15)16(29)8-22-14-6-12(20)5-13(21)7-14/h5-7,10-11,15,22H,2-4,8-9H2,1H3,(H,23,24,25,26). The average molecular weight is 434 g/mol. The van der Waals surface area contributed by atoms with E-state index in [0.29, 0.717) is 22.2 Å². The number of nitrogens with one attached hydrogen (secondary N) is 2. The van der Waals surface area contributed by atoms with E-state index < -0.39 is 0 Å². The van der Waals surface area contributed by atoms with Gasteiger partial charge in [-0.1, -0.05) is 23.2 Å². The molecule has 2 N–H and O–H groups in total. The molecule has 1 aromatic carbocycles. The molecule has 1 unspecified atom stereocenters. The second-order valence-corrected chi connectivity index (χ2v) is 7.93. The number of carbonyl (C=O) groups is 1. The Bertz CT molecular complexity index is 1000. The van der Waals surface area contributed by atoms with Gasteiger partial charge in [-0.05, 0) is 31.0 Å². The van der Waals surface area contributed by atoms with Crippen molar-refractivity contribution in [2.24, 2.45) is 0 Å². The van der Waals surface area contributed by atoms with E-state index in [-0.39, 0.29) is 18.5 Å². The van der Waals surface area contributed by atoms with Gasteiger partial charge in [-0.25, -0.2) is 15.0 Å². The van der Waals surface area contributed by atoms with Gasteiger partial charge in [0.2, 0.25) is 5.91 Å². The fourth-order valence-corrected chi connectivity index (χ4v) is 4.16. The van der Waals surface area contributed by atoms with Crippen molar-refractivity contribution in [3.8, 4) is 0 Å². The summed E-state index contributed by atoms with van der Waals surface area (Å²) in [6.45, 7) is 1.56. The van der Waals surface area contributed by atoms with Crippen LogP contribution in [0.4, 0.5) is 11.5 Å². The number of aromatic nitrogens is 4. The van der Waals surface area contributed by atoms with E-state index in [9.17, 15) is 4.79 Å². The quantitative estimate of drug-likeness (QED) is 0.641. The maximum atomic E-state index is 12.8. The molecule has 0 radical (unpaired) electrons. The minimum Gasteiger partial charge on any atom is -0.376 e. The third-order valence-electron chi connectivity index (χ3n) is 5.14.